The first-order valence-electron chi connectivity index (χ1n) is 5.01. The predicted octanol–water partition coefficient (Wildman–Crippen LogP) is 1.18. The van der Waals surface area contributed by atoms with Gasteiger partial charge in [-0.15, -0.1) is 0 Å². The van der Waals surface area contributed by atoms with Crippen LogP contribution in [0.15, 0.2) is 6.20 Å². The lowest BCUT2D eigenvalue weighted by Crippen LogP contribution is -2.22. The summed E-state index contributed by atoms with van der Waals surface area (Å²) in [6, 6.07) is 0. The fourth-order valence-electron chi connectivity index (χ4n) is 1.76. The minimum atomic E-state index is 0.675. The monoisotopic (exact) mass is 179 g/mol. The topological polar surface area (TPSA) is 29.9 Å². The summed E-state index contributed by atoms with van der Waals surface area (Å²) in [5.41, 5.74) is 2.67. The van der Waals surface area contributed by atoms with Gasteiger partial charge in [-0.05, 0) is 24.4 Å². The third-order valence-electron chi connectivity index (χ3n) is 2.34. The van der Waals surface area contributed by atoms with Crippen LogP contribution in [0.4, 0.5) is 0 Å². The van der Waals surface area contributed by atoms with Gasteiger partial charge < -0.3 is 5.32 Å². The molecule has 3 nitrogen and oxygen atoms in total. The van der Waals surface area contributed by atoms with Crippen LogP contribution in [-0.2, 0) is 19.5 Å². The van der Waals surface area contributed by atoms with Crippen molar-refractivity contribution in [2.24, 2.45) is 5.92 Å². The molecular formula is C10H17N3. The number of nitrogens with one attached hydrogen (secondary N) is 1. The van der Waals surface area contributed by atoms with Gasteiger partial charge in [0.25, 0.3) is 0 Å². The SMILES string of the molecule is CC(C)Cn1cc2c(n1)CNCC2. The zero-order valence-electron chi connectivity index (χ0n) is 8.38. The summed E-state index contributed by atoms with van der Waals surface area (Å²) in [5.74, 6) is 0.675. The van der Waals surface area contributed by atoms with Crippen LogP contribution in [0, 0.1) is 5.92 Å². The Morgan fingerprint density at radius 2 is 2.46 bits per heavy atom. The molecule has 2 rings (SSSR count). The quantitative estimate of drug-likeness (QED) is 0.739. The molecule has 1 aliphatic rings. The van der Waals surface area contributed by atoms with Gasteiger partial charge in [-0.25, -0.2) is 0 Å². The number of hydrogen-bond acceptors (Lipinski definition) is 2. The Morgan fingerprint density at radius 1 is 1.62 bits per heavy atom. The molecule has 0 saturated carbocycles. The van der Waals surface area contributed by atoms with Crippen LogP contribution >= 0.6 is 0 Å². The van der Waals surface area contributed by atoms with E-state index in [4.69, 9.17) is 0 Å². The standard InChI is InChI=1S/C10H17N3/c1-8(2)6-13-7-9-3-4-11-5-10(9)12-13/h7-8,11H,3-6H2,1-2H3. The zero-order chi connectivity index (χ0) is 9.26. The summed E-state index contributed by atoms with van der Waals surface area (Å²) in [6.07, 6.45) is 3.34. The van der Waals surface area contributed by atoms with E-state index in [1.54, 1.807) is 0 Å². The molecule has 0 radical (unpaired) electrons. The Kier molecular flexibility index (Phi) is 2.36. The number of aromatic nitrogens is 2. The molecular weight excluding hydrogens is 162 g/mol. The van der Waals surface area contributed by atoms with Crippen LogP contribution in [0.3, 0.4) is 0 Å². The summed E-state index contributed by atoms with van der Waals surface area (Å²) in [4.78, 5) is 0. The maximum absolute atomic E-state index is 4.55. The Morgan fingerprint density at radius 3 is 3.15 bits per heavy atom. The molecule has 0 aliphatic carbocycles. The lowest BCUT2D eigenvalue weighted by molar-refractivity contribution is 0.478. The highest BCUT2D eigenvalue weighted by molar-refractivity contribution is 5.19. The molecule has 13 heavy (non-hydrogen) atoms. The van der Waals surface area contributed by atoms with Gasteiger partial charge in [0.2, 0.25) is 0 Å². The Labute approximate surface area is 79.1 Å². The van der Waals surface area contributed by atoms with E-state index >= 15 is 0 Å². The lowest BCUT2D eigenvalue weighted by atomic mass is 10.1. The third kappa shape index (κ3) is 1.91. The smallest absolute Gasteiger partial charge is 0.0794 e. The maximum Gasteiger partial charge on any atom is 0.0794 e. The second-order valence-corrected chi connectivity index (χ2v) is 4.14. The van der Waals surface area contributed by atoms with E-state index in [2.05, 4.69) is 35.1 Å². The average Bonchev–Trinajstić information content (AvgIpc) is 2.44. The number of hydrogen-bond donors (Lipinski definition) is 1. The summed E-state index contributed by atoms with van der Waals surface area (Å²) < 4.78 is 2.09. The molecule has 2 heterocycles. The Bertz CT molecular complexity index is 265. The van der Waals surface area contributed by atoms with Crippen LogP contribution in [0.25, 0.3) is 0 Å². The molecule has 1 aliphatic heterocycles. The van der Waals surface area contributed by atoms with Crippen LogP contribution in [-0.4, -0.2) is 16.3 Å². The molecule has 0 amide bonds. The molecule has 1 N–H and O–H groups in total. The second-order valence-electron chi connectivity index (χ2n) is 4.14. The summed E-state index contributed by atoms with van der Waals surface area (Å²) in [7, 11) is 0. The van der Waals surface area contributed by atoms with Gasteiger partial charge in [0.15, 0.2) is 0 Å². The van der Waals surface area contributed by atoms with E-state index in [0.717, 1.165) is 26.1 Å². The van der Waals surface area contributed by atoms with E-state index < -0.39 is 0 Å². The van der Waals surface area contributed by atoms with E-state index in [-0.39, 0.29) is 0 Å². The molecule has 0 fully saturated rings. The van der Waals surface area contributed by atoms with E-state index in [0.29, 0.717) is 5.92 Å². The predicted molar refractivity (Wildman–Crippen MR) is 52.5 cm³/mol. The first-order valence-corrected chi connectivity index (χ1v) is 5.01. The van der Waals surface area contributed by atoms with E-state index in [1.165, 1.54) is 11.3 Å². The van der Waals surface area contributed by atoms with Crippen molar-refractivity contribution in [1.29, 1.82) is 0 Å². The number of rotatable bonds is 2. The van der Waals surface area contributed by atoms with Crippen molar-refractivity contribution in [2.75, 3.05) is 6.54 Å². The largest absolute Gasteiger partial charge is 0.311 e. The molecule has 1 aromatic heterocycles. The molecule has 72 valence electrons. The minimum absolute atomic E-state index is 0.675. The lowest BCUT2D eigenvalue weighted by Gasteiger charge is -2.09. The normalized spacial score (nSPS) is 16.2. The maximum atomic E-state index is 4.55. The molecule has 0 atom stereocenters. The van der Waals surface area contributed by atoms with Crippen LogP contribution in [0.1, 0.15) is 25.1 Å². The molecule has 0 spiro atoms. The Hall–Kier alpha value is -0.830. The second kappa shape index (κ2) is 3.50. The molecule has 0 aromatic carbocycles. The molecule has 0 unspecified atom stereocenters. The van der Waals surface area contributed by atoms with Crippen molar-refractivity contribution >= 4 is 0 Å². The summed E-state index contributed by atoms with van der Waals surface area (Å²) in [6.45, 7) is 7.52. The molecule has 3 heteroatoms. The number of nitrogens with zero attached hydrogens (tertiary/aromatic N) is 2. The minimum Gasteiger partial charge on any atom is -0.311 e. The summed E-state index contributed by atoms with van der Waals surface area (Å²) in [5, 5.41) is 7.88. The van der Waals surface area contributed by atoms with Gasteiger partial charge in [-0.3, -0.25) is 4.68 Å². The van der Waals surface area contributed by atoms with Crippen molar-refractivity contribution in [2.45, 2.75) is 33.4 Å². The van der Waals surface area contributed by atoms with Gasteiger partial charge >= 0.3 is 0 Å². The zero-order valence-corrected chi connectivity index (χ0v) is 8.38. The van der Waals surface area contributed by atoms with Crippen molar-refractivity contribution in [3.05, 3.63) is 17.5 Å². The van der Waals surface area contributed by atoms with Gasteiger partial charge in [0.05, 0.1) is 5.69 Å². The average molecular weight is 179 g/mol. The van der Waals surface area contributed by atoms with Crippen molar-refractivity contribution in [3.63, 3.8) is 0 Å². The van der Waals surface area contributed by atoms with E-state index in [1.807, 2.05) is 0 Å². The van der Waals surface area contributed by atoms with Gasteiger partial charge in [-0.1, -0.05) is 13.8 Å². The van der Waals surface area contributed by atoms with Crippen molar-refractivity contribution in [1.82, 2.24) is 15.1 Å². The molecule has 0 bridgehead atoms. The van der Waals surface area contributed by atoms with Gasteiger partial charge in [0.1, 0.15) is 0 Å². The highest BCUT2D eigenvalue weighted by Gasteiger charge is 2.12. The van der Waals surface area contributed by atoms with Crippen LogP contribution in [0.5, 0.6) is 0 Å². The third-order valence-corrected chi connectivity index (χ3v) is 2.34. The fraction of sp³-hybridized carbons (Fsp3) is 0.700. The van der Waals surface area contributed by atoms with Crippen molar-refractivity contribution < 1.29 is 0 Å². The Balaban J connectivity index is 2.15. The van der Waals surface area contributed by atoms with Crippen LogP contribution < -0.4 is 5.32 Å². The highest BCUT2D eigenvalue weighted by atomic mass is 15.3. The number of fused-ring (bicyclic) bond motifs is 1. The summed E-state index contributed by atoms with van der Waals surface area (Å²) >= 11 is 0. The van der Waals surface area contributed by atoms with Crippen LogP contribution in [0.2, 0.25) is 0 Å². The fourth-order valence-corrected chi connectivity index (χ4v) is 1.76. The highest BCUT2D eigenvalue weighted by Crippen LogP contribution is 2.12. The molecule has 1 aromatic rings. The first kappa shape index (κ1) is 8.75. The molecule has 0 saturated heterocycles. The first-order chi connectivity index (χ1) is 6.25. The van der Waals surface area contributed by atoms with Gasteiger partial charge in [-0.2, -0.15) is 5.10 Å². The van der Waals surface area contributed by atoms with E-state index in [9.17, 15) is 0 Å². The van der Waals surface area contributed by atoms with Crippen molar-refractivity contribution in [3.8, 4) is 0 Å². The van der Waals surface area contributed by atoms with Gasteiger partial charge in [0, 0.05) is 19.3 Å².